The van der Waals surface area contributed by atoms with Crippen LogP contribution in [0.1, 0.15) is 37.3 Å². The van der Waals surface area contributed by atoms with E-state index >= 15 is 0 Å². The van der Waals surface area contributed by atoms with Gasteiger partial charge in [0.2, 0.25) is 0 Å². The van der Waals surface area contributed by atoms with Crippen molar-refractivity contribution in [2.75, 3.05) is 7.11 Å². The number of halogens is 2. The lowest BCUT2D eigenvalue weighted by Crippen LogP contribution is -2.43. The van der Waals surface area contributed by atoms with Gasteiger partial charge in [-0.2, -0.15) is 0 Å². The maximum atomic E-state index is 12.4. The van der Waals surface area contributed by atoms with Gasteiger partial charge >= 0.3 is 5.97 Å². The summed E-state index contributed by atoms with van der Waals surface area (Å²) in [7, 11) is 1.34. The molecule has 1 N–H and O–H groups in total. The zero-order chi connectivity index (χ0) is 15.9. The highest BCUT2D eigenvalue weighted by Crippen LogP contribution is 2.53. The van der Waals surface area contributed by atoms with Crippen LogP contribution in [0.25, 0.3) is 0 Å². The minimum Gasteiger partial charge on any atom is -0.468 e. The molecule has 0 spiro atoms. The fraction of sp³-hybridized carbons (Fsp3) is 0.500. The van der Waals surface area contributed by atoms with Crippen molar-refractivity contribution in [3.05, 3.63) is 33.8 Å². The average molecular weight is 342 g/mol. The van der Waals surface area contributed by atoms with E-state index in [1.165, 1.54) is 7.11 Å². The molecule has 2 fully saturated rings. The van der Waals surface area contributed by atoms with E-state index in [0.29, 0.717) is 28.5 Å². The van der Waals surface area contributed by atoms with Gasteiger partial charge in [0.05, 0.1) is 13.2 Å². The molecule has 2 aliphatic rings. The van der Waals surface area contributed by atoms with Crippen LogP contribution in [0.5, 0.6) is 0 Å². The smallest absolute Gasteiger partial charge is 0.328 e. The van der Waals surface area contributed by atoms with Crippen LogP contribution in [0.2, 0.25) is 10.0 Å². The molecule has 1 aromatic rings. The fourth-order valence-corrected chi connectivity index (χ4v) is 4.15. The Morgan fingerprint density at radius 1 is 1.32 bits per heavy atom. The van der Waals surface area contributed by atoms with Crippen molar-refractivity contribution in [2.24, 2.45) is 5.92 Å². The molecule has 0 radical (unpaired) electrons. The van der Waals surface area contributed by atoms with Gasteiger partial charge in [0.25, 0.3) is 0 Å². The number of methoxy groups -OCH3 is 1. The first-order chi connectivity index (χ1) is 10.5. The van der Waals surface area contributed by atoms with Crippen LogP contribution in [-0.4, -0.2) is 24.4 Å². The van der Waals surface area contributed by atoms with Crippen LogP contribution >= 0.6 is 23.2 Å². The highest BCUT2D eigenvalue weighted by Gasteiger charge is 2.68. The van der Waals surface area contributed by atoms with E-state index in [4.69, 9.17) is 27.9 Å². The Bertz CT molecular complexity index is 614. The number of benzene rings is 1. The van der Waals surface area contributed by atoms with Crippen LogP contribution in [0.4, 0.5) is 0 Å². The monoisotopic (exact) mass is 341 g/mol. The zero-order valence-corrected chi connectivity index (χ0v) is 13.7. The van der Waals surface area contributed by atoms with Gasteiger partial charge in [0.1, 0.15) is 11.3 Å². The topological polar surface area (TPSA) is 65.3 Å². The van der Waals surface area contributed by atoms with E-state index in [-0.39, 0.29) is 17.7 Å². The quantitative estimate of drug-likeness (QED) is 0.676. The van der Waals surface area contributed by atoms with E-state index in [2.05, 4.69) is 5.32 Å². The third-order valence-corrected chi connectivity index (χ3v) is 5.33. The van der Waals surface area contributed by atoms with Crippen LogP contribution in [-0.2, 0) is 14.3 Å². The van der Waals surface area contributed by atoms with Crippen LogP contribution in [0.3, 0.4) is 0 Å². The predicted octanol–water partition coefficient (Wildman–Crippen LogP) is 3.31. The van der Waals surface area contributed by atoms with Crippen molar-refractivity contribution in [3.8, 4) is 0 Å². The molecule has 1 aliphatic heterocycles. The molecule has 6 heteroatoms. The Labute approximate surface area is 139 Å². The van der Waals surface area contributed by atoms with Crippen LogP contribution < -0.4 is 5.32 Å². The highest BCUT2D eigenvalue weighted by atomic mass is 35.5. The maximum Gasteiger partial charge on any atom is 0.328 e. The van der Waals surface area contributed by atoms with Crippen molar-refractivity contribution in [1.82, 2.24) is 5.32 Å². The summed E-state index contributed by atoms with van der Waals surface area (Å²) in [6.07, 6.45) is 3.00. The van der Waals surface area contributed by atoms with Gasteiger partial charge in [0.15, 0.2) is 0 Å². The lowest BCUT2D eigenvalue weighted by atomic mass is 9.75. The van der Waals surface area contributed by atoms with Gasteiger partial charge in [-0.3, -0.25) is 10.1 Å². The van der Waals surface area contributed by atoms with Crippen molar-refractivity contribution in [1.29, 1.82) is 0 Å². The van der Waals surface area contributed by atoms with E-state index in [9.17, 15) is 9.59 Å². The number of hydrogen-bond donors (Lipinski definition) is 1. The molecule has 3 atom stereocenters. The zero-order valence-electron chi connectivity index (χ0n) is 12.2. The predicted molar refractivity (Wildman–Crippen MR) is 84.1 cm³/mol. The molecule has 1 aromatic carbocycles. The molecule has 118 valence electrons. The summed E-state index contributed by atoms with van der Waals surface area (Å²) in [5.74, 6) is -0.699. The van der Waals surface area contributed by atoms with Crippen molar-refractivity contribution < 1.29 is 14.3 Å². The van der Waals surface area contributed by atoms with Gasteiger partial charge in [0, 0.05) is 27.9 Å². The van der Waals surface area contributed by atoms with E-state index < -0.39 is 11.5 Å². The summed E-state index contributed by atoms with van der Waals surface area (Å²) in [5.41, 5.74) is -0.365. The first-order valence-electron chi connectivity index (χ1n) is 7.35. The number of nitrogens with one attached hydrogen (secondary N) is 1. The summed E-state index contributed by atoms with van der Waals surface area (Å²) in [4.78, 5) is 24.8. The van der Waals surface area contributed by atoms with Crippen molar-refractivity contribution >= 4 is 35.0 Å². The normalized spacial score (nSPS) is 31.0. The van der Waals surface area contributed by atoms with E-state index in [1.807, 2.05) is 0 Å². The van der Waals surface area contributed by atoms with Crippen LogP contribution in [0.15, 0.2) is 18.2 Å². The lowest BCUT2D eigenvalue weighted by Gasteiger charge is -2.27. The van der Waals surface area contributed by atoms with E-state index in [0.717, 1.165) is 12.8 Å². The first kappa shape index (κ1) is 15.8. The summed E-state index contributed by atoms with van der Waals surface area (Å²) in [6.45, 7) is 0. The lowest BCUT2D eigenvalue weighted by molar-refractivity contribution is -0.148. The summed E-state index contributed by atoms with van der Waals surface area (Å²) >= 11 is 12.5. The number of ketones is 1. The third-order valence-electron chi connectivity index (χ3n) is 4.67. The number of Topliss-reactive ketones (excluding diaryl/α,β-unsaturated/α-hetero) is 1. The number of carbonyl (C=O) groups is 2. The summed E-state index contributed by atoms with van der Waals surface area (Å²) in [6, 6.07) is 4.83. The molecule has 1 aliphatic carbocycles. The average Bonchev–Trinajstić information content (AvgIpc) is 3.23. The molecule has 1 saturated heterocycles. The number of esters is 1. The molecule has 0 aromatic heterocycles. The fourth-order valence-electron chi connectivity index (χ4n) is 3.54. The maximum absolute atomic E-state index is 12.4. The second-order valence-electron chi connectivity index (χ2n) is 5.84. The van der Waals surface area contributed by atoms with Crippen molar-refractivity contribution in [2.45, 2.75) is 37.3 Å². The minimum absolute atomic E-state index is 0.106. The van der Waals surface area contributed by atoms with Gasteiger partial charge < -0.3 is 4.74 Å². The molecular weight excluding hydrogens is 325 g/mol. The Kier molecular flexibility index (Phi) is 4.19. The van der Waals surface area contributed by atoms with Gasteiger partial charge in [-0.05, 0) is 25.0 Å². The number of hydrogen-bond acceptors (Lipinski definition) is 4. The summed E-state index contributed by atoms with van der Waals surface area (Å²) in [5, 5.41) is 4.14. The second kappa shape index (κ2) is 5.84. The molecule has 4 nitrogen and oxygen atoms in total. The molecule has 3 unspecified atom stereocenters. The Balaban J connectivity index is 2.01. The van der Waals surface area contributed by atoms with Gasteiger partial charge in [-0.25, -0.2) is 4.79 Å². The molecule has 1 heterocycles. The molecule has 3 rings (SSSR count). The molecule has 0 amide bonds. The third kappa shape index (κ3) is 2.34. The number of rotatable bonds is 3. The summed E-state index contributed by atoms with van der Waals surface area (Å²) < 4.78 is 4.97. The van der Waals surface area contributed by atoms with Crippen LogP contribution in [0, 0.1) is 5.92 Å². The van der Waals surface area contributed by atoms with Crippen molar-refractivity contribution in [3.63, 3.8) is 0 Å². The van der Waals surface area contributed by atoms with Gasteiger partial charge in [-0.1, -0.05) is 35.7 Å². The molecule has 0 bridgehead atoms. The minimum atomic E-state index is -1.03. The molecular formula is C16H17Cl2NO3. The Morgan fingerprint density at radius 2 is 2.00 bits per heavy atom. The standard InChI is InChI=1S/C16H17Cl2NO3/c1-22-15(21)16(9-5-2-3-8-12(9)20)14(19-16)13-10(17)6-4-7-11(13)18/h4,6-7,9,14,19H,2-3,5,8H2,1H3. The second-order valence-corrected chi connectivity index (χ2v) is 6.65. The Hall–Kier alpha value is -1.10. The number of carbonyl (C=O) groups excluding carboxylic acids is 2. The molecule has 1 saturated carbocycles. The first-order valence-corrected chi connectivity index (χ1v) is 8.10. The largest absolute Gasteiger partial charge is 0.468 e. The molecule has 22 heavy (non-hydrogen) atoms. The number of ether oxygens (including phenoxy) is 1. The van der Waals surface area contributed by atoms with Gasteiger partial charge in [-0.15, -0.1) is 0 Å². The Morgan fingerprint density at radius 3 is 2.59 bits per heavy atom. The van der Waals surface area contributed by atoms with E-state index in [1.54, 1.807) is 18.2 Å². The SMILES string of the molecule is COC(=O)C1(C2CCCCC2=O)NC1c1c(Cl)cccc1Cl. The highest BCUT2D eigenvalue weighted by molar-refractivity contribution is 6.36.